The summed E-state index contributed by atoms with van der Waals surface area (Å²) in [6, 6.07) is 6.28. The third-order valence-electron chi connectivity index (χ3n) is 4.40. The Morgan fingerprint density at radius 3 is 2.31 bits per heavy atom. The molecule has 1 aromatic heterocycles. The van der Waals surface area contributed by atoms with E-state index in [2.05, 4.69) is 25.9 Å². The van der Waals surface area contributed by atoms with Crippen LogP contribution in [0.25, 0.3) is 0 Å². The molecule has 0 aliphatic carbocycles. The molecule has 174 valence electrons. The predicted molar refractivity (Wildman–Crippen MR) is 119 cm³/mol. The monoisotopic (exact) mass is 445 g/mol. The van der Waals surface area contributed by atoms with E-state index in [-0.39, 0.29) is 32.7 Å². The number of carboxylic acid groups (broad SMARTS) is 1. The highest BCUT2D eigenvalue weighted by Crippen LogP contribution is 2.07. The highest BCUT2D eigenvalue weighted by molar-refractivity contribution is 5.97. The van der Waals surface area contributed by atoms with Gasteiger partial charge in [-0.2, -0.15) is 0 Å². The summed E-state index contributed by atoms with van der Waals surface area (Å²) < 4.78 is 0. The molecule has 0 unspecified atom stereocenters. The number of aromatic amines is 1. The number of nitrogens with one attached hydrogen (secondary N) is 4. The van der Waals surface area contributed by atoms with Gasteiger partial charge in [-0.3, -0.25) is 14.4 Å². The van der Waals surface area contributed by atoms with Crippen molar-refractivity contribution in [3.05, 3.63) is 54.1 Å². The highest BCUT2D eigenvalue weighted by atomic mass is 16.4. The van der Waals surface area contributed by atoms with E-state index in [9.17, 15) is 24.3 Å². The number of benzene rings is 1. The summed E-state index contributed by atoms with van der Waals surface area (Å²) in [4.78, 5) is 55.4. The Balaban J connectivity index is 0.00000512. The van der Waals surface area contributed by atoms with E-state index >= 15 is 0 Å². The Kier molecular flexibility index (Phi) is 10.6. The Morgan fingerprint density at radius 1 is 1.06 bits per heavy atom. The minimum absolute atomic E-state index is 0. The molecule has 3 amide bonds. The highest BCUT2D eigenvalue weighted by Gasteiger charge is 2.27. The third kappa shape index (κ3) is 8.58. The minimum atomic E-state index is -1.15. The zero-order valence-electron chi connectivity index (χ0n) is 17.4. The van der Waals surface area contributed by atoms with Crippen molar-refractivity contribution in [1.29, 1.82) is 0 Å². The van der Waals surface area contributed by atoms with Crippen LogP contribution in [-0.2, 0) is 20.8 Å². The van der Waals surface area contributed by atoms with Gasteiger partial charge in [-0.05, 0) is 24.5 Å². The first-order valence-corrected chi connectivity index (χ1v) is 9.89. The molecular formula is C22H31N5O5. The smallest absolute Gasteiger partial charge is 0.326 e. The number of carboxylic acids is 1. The molecule has 5 N–H and O–H groups in total. The molecule has 10 heteroatoms. The van der Waals surface area contributed by atoms with Gasteiger partial charge in [0, 0.05) is 23.9 Å². The molecule has 2 aromatic rings. The van der Waals surface area contributed by atoms with Crippen LogP contribution in [0.5, 0.6) is 0 Å². The topological polar surface area (TPSA) is 153 Å². The van der Waals surface area contributed by atoms with Crippen LogP contribution in [0.1, 0.15) is 43.7 Å². The fourth-order valence-electron chi connectivity index (χ4n) is 2.89. The number of amides is 3. The Labute approximate surface area is 187 Å². The van der Waals surface area contributed by atoms with Crippen LogP contribution in [0.4, 0.5) is 0 Å². The van der Waals surface area contributed by atoms with Gasteiger partial charge < -0.3 is 26.0 Å². The summed E-state index contributed by atoms with van der Waals surface area (Å²) >= 11 is 0. The average Bonchev–Trinajstić information content (AvgIpc) is 3.24. The summed E-state index contributed by atoms with van der Waals surface area (Å²) in [5.41, 5.74) is 0.990. The number of aromatic nitrogens is 2. The Bertz CT molecular complexity index is 883. The number of rotatable bonds is 11. The lowest BCUT2D eigenvalue weighted by Crippen LogP contribution is -2.54. The number of hydrogen-bond acceptors (Lipinski definition) is 5. The first-order chi connectivity index (χ1) is 14.8. The molecule has 0 aliphatic heterocycles. The van der Waals surface area contributed by atoms with Gasteiger partial charge in [0.05, 0.1) is 12.9 Å². The van der Waals surface area contributed by atoms with Crippen LogP contribution in [0.15, 0.2) is 42.9 Å². The predicted octanol–water partition coefficient (Wildman–Crippen LogP) is 1.12. The van der Waals surface area contributed by atoms with Crippen molar-refractivity contribution in [2.75, 3.05) is 6.54 Å². The molecule has 0 bridgehead atoms. The summed E-state index contributed by atoms with van der Waals surface area (Å²) in [5.74, 6) is -2.74. The van der Waals surface area contributed by atoms with E-state index in [1.54, 1.807) is 30.3 Å². The van der Waals surface area contributed by atoms with Crippen molar-refractivity contribution in [3.8, 4) is 0 Å². The Morgan fingerprint density at radius 2 is 1.75 bits per heavy atom. The number of hydrogen-bond donors (Lipinski definition) is 5. The quantitative estimate of drug-likeness (QED) is 0.349. The van der Waals surface area contributed by atoms with Gasteiger partial charge in [0.15, 0.2) is 0 Å². The number of imidazole rings is 1. The lowest BCUT2D eigenvalue weighted by molar-refractivity contribution is -0.142. The lowest BCUT2D eigenvalue weighted by Gasteiger charge is -2.22. The number of H-pyrrole nitrogens is 1. The molecule has 0 fully saturated rings. The fraction of sp³-hybridized carbons (Fsp3) is 0.409. The van der Waals surface area contributed by atoms with Gasteiger partial charge in [-0.1, -0.05) is 39.5 Å². The summed E-state index contributed by atoms with van der Waals surface area (Å²) in [6.07, 6.45) is 3.27. The largest absolute Gasteiger partial charge is 0.480 e. The molecule has 1 heterocycles. The SMILES string of the molecule is C.CC(C)C[C@H](NC(=O)[C@H](Cc1cnc[nH]1)NC(=O)CNC(=O)c1ccccc1)C(=O)O. The zero-order chi connectivity index (χ0) is 22.8. The van der Waals surface area contributed by atoms with Gasteiger partial charge in [0.2, 0.25) is 11.8 Å². The van der Waals surface area contributed by atoms with E-state index in [1.165, 1.54) is 12.5 Å². The lowest BCUT2D eigenvalue weighted by atomic mass is 10.0. The van der Waals surface area contributed by atoms with Gasteiger partial charge in [-0.15, -0.1) is 0 Å². The van der Waals surface area contributed by atoms with E-state index in [1.807, 2.05) is 13.8 Å². The average molecular weight is 446 g/mol. The standard InChI is InChI=1S/C21H27N5O5.CH4/c1-13(2)8-17(21(30)31)26-20(29)16(9-15-10-22-12-24-15)25-18(27)11-23-19(28)14-6-4-3-5-7-14;/h3-7,10,12-13,16-17H,8-9,11H2,1-2H3,(H,22,24)(H,23,28)(H,25,27)(H,26,29)(H,30,31);1H4/t16-,17-;/m0./s1. The van der Waals surface area contributed by atoms with Crippen molar-refractivity contribution in [2.45, 2.75) is 46.2 Å². The number of nitrogens with zero attached hydrogens (tertiary/aromatic N) is 1. The molecule has 1 aromatic carbocycles. The first kappa shape index (κ1) is 26.3. The van der Waals surface area contributed by atoms with Crippen LogP contribution in [0.2, 0.25) is 0 Å². The van der Waals surface area contributed by atoms with Crippen LogP contribution < -0.4 is 16.0 Å². The summed E-state index contributed by atoms with van der Waals surface area (Å²) in [6.45, 7) is 3.36. The van der Waals surface area contributed by atoms with Gasteiger partial charge >= 0.3 is 5.97 Å². The third-order valence-corrected chi connectivity index (χ3v) is 4.40. The van der Waals surface area contributed by atoms with E-state index in [0.29, 0.717) is 11.3 Å². The molecule has 0 spiro atoms. The molecule has 0 saturated carbocycles. The van der Waals surface area contributed by atoms with Crippen LogP contribution in [0, 0.1) is 5.92 Å². The number of aliphatic carboxylic acids is 1. The summed E-state index contributed by atoms with van der Waals surface area (Å²) in [5, 5.41) is 16.9. The maximum Gasteiger partial charge on any atom is 0.326 e. The second-order valence-corrected chi connectivity index (χ2v) is 7.48. The molecule has 10 nitrogen and oxygen atoms in total. The second-order valence-electron chi connectivity index (χ2n) is 7.48. The van der Waals surface area contributed by atoms with Crippen LogP contribution in [-0.4, -0.2) is 57.4 Å². The molecule has 0 aliphatic rings. The van der Waals surface area contributed by atoms with E-state index in [4.69, 9.17) is 0 Å². The maximum atomic E-state index is 12.8. The zero-order valence-corrected chi connectivity index (χ0v) is 17.4. The second kappa shape index (κ2) is 12.9. The van der Waals surface area contributed by atoms with Crippen LogP contribution >= 0.6 is 0 Å². The van der Waals surface area contributed by atoms with Gasteiger partial charge in [0.1, 0.15) is 12.1 Å². The van der Waals surface area contributed by atoms with Crippen molar-refractivity contribution < 1.29 is 24.3 Å². The molecular weight excluding hydrogens is 414 g/mol. The number of carbonyl (C=O) groups is 4. The molecule has 2 atom stereocenters. The normalized spacial score (nSPS) is 12.2. The number of carbonyl (C=O) groups excluding carboxylic acids is 3. The fourth-order valence-corrected chi connectivity index (χ4v) is 2.89. The minimum Gasteiger partial charge on any atom is -0.480 e. The van der Waals surface area contributed by atoms with Crippen molar-refractivity contribution >= 4 is 23.7 Å². The van der Waals surface area contributed by atoms with Gasteiger partial charge in [-0.25, -0.2) is 9.78 Å². The molecule has 32 heavy (non-hydrogen) atoms. The van der Waals surface area contributed by atoms with Crippen LogP contribution in [0.3, 0.4) is 0 Å². The molecule has 0 saturated heterocycles. The Hall–Kier alpha value is -3.69. The van der Waals surface area contributed by atoms with Crippen molar-refractivity contribution in [2.24, 2.45) is 5.92 Å². The van der Waals surface area contributed by atoms with Crippen molar-refractivity contribution in [1.82, 2.24) is 25.9 Å². The summed E-state index contributed by atoms with van der Waals surface area (Å²) in [7, 11) is 0. The first-order valence-electron chi connectivity index (χ1n) is 9.89. The van der Waals surface area contributed by atoms with Gasteiger partial charge in [0.25, 0.3) is 5.91 Å². The van der Waals surface area contributed by atoms with E-state index in [0.717, 1.165) is 0 Å². The van der Waals surface area contributed by atoms with Crippen molar-refractivity contribution in [3.63, 3.8) is 0 Å². The molecule has 2 rings (SSSR count). The molecule has 0 radical (unpaired) electrons. The van der Waals surface area contributed by atoms with E-state index < -0.39 is 35.8 Å². The maximum absolute atomic E-state index is 12.8.